The molecule has 2 aliphatic heterocycles. The van der Waals surface area contributed by atoms with Gasteiger partial charge in [-0.15, -0.1) is 0 Å². The number of ether oxygens (including phenoxy) is 3. The van der Waals surface area contributed by atoms with Gasteiger partial charge in [-0.3, -0.25) is 4.79 Å². The van der Waals surface area contributed by atoms with Crippen molar-refractivity contribution in [2.24, 2.45) is 0 Å². The molecule has 10 heteroatoms. The van der Waals surface area contributed by atoms with E-state index in [9.17, 15) is 9.90 Å². The second kappa shape index (κ2) is 16.3. The molecule has 0 spiro atoms. The number of allylic oxidation sites excluding steroid dienone is 2. The molecular formula is C44H64O8Si2. The lowest BCUT2D eigenvalue weighted by Crippen LogP contribution is -2.69. The van der Waals surface area contributed by atoms with Crippen molar-refractivity contribution >= 4 is 22.7 Å². The molecule has 5 rings (SSSR count). The zero-order valence-electron chi connectivity index (χ0n) is 34.6. The maximum absolute atomic E-state index is 13.3. The molecule has 2 aromatic rings. The highest BCUT2D eigenvalue weighted by Crippen LogP contribution is 2.56. The van der Waals surface area contributed by atoms with Crippen LogP contribution in [-0.4, -0.2) is 64.9 Å². The topological polar surface area (TPSA) is 92.7 Å². The lowest BCUT2D eigenvalue weighted by atomic mass is 9.82. The Bertz CT molecular complexity index is 1650. The van der Waals surface area contributed by atoms with Crippen LogP contribution >= 0.6 is 0 Å². The van der Waals surface area contributed by atoms with Gasteiger partial charge >= 0.3 is 8.56 Å². The van der Waals surface area contributed by atoms with E-state index in [1.165, 1.54) is 12.2 Å². The Balaban J connectivity index is 1.64. The summed E-state index contributed by atoms with van der Waals surface area (Å²) in [5, 5.41) is 12.7. The number of benzene rings is 2. The fraction of sp³-hybridized carbons (Fsp3) is 0.568. The number of rotatable bonds is 13. The molecule has 0 amide bonds. The Labute approximate surface area is 326 Å². The molecule has 296 valence electrons. The fourth-order valence-electron chi connectivity index (χ4n) is 9.15. The molecule has 0 bridgehead atoms. The summed E-state index contributed by atoms with van der Waals surface area (Å²) in [5.74, 6) is -0.00178. The molecule has 3 aliphatic rings. The largest absolute Gasteiger partial charge is 0.489 e. The van der Waals surface area contributed by atoms with Gasteiger partial charge in [0, 0.05) is 21.7 Å². The van der Waals surface area contributed by atoms with E-state index in [0.29, 0.717) is 28.8 Å². The Morgan fingerprint density at radius 2 is 1.35 bits per heavy atom. The fourth-order valence-corrected chi connectivity index (χ4v) is 19.6. The van der Waals surface area contributed by atoms with Gasteiger partial charge in [-0.1, -0.05) is 144 Å². The standard InChI is InChI=1S/C44H64O8Si2/c1-30(2)53(31(3)4,32(5)6)51-37-25-40(50-38-29-49-54(42(7,8)9,43(10,11)12)52-41(37)38)44(46)35(28-47-26-33-19-15-13-16-20-33)23-36(45)24-39(44)48-27-34-21-17-14-18-22-34/h13-25,30-32,37-38,41,46H,26-29H2,1-12H3/t37-,38-,41+,44?/m1/s1. The highest BCUT2D eigenvalue weighted by Gasteiger charge is 2.65. The first-order valence-electron chi connectivity index (χ1n) is 19.6. The van der Waals surface area contributed by atoms with Crippen molar-refractivity contribution in [1.82, 2.24) is 0 Å². The molecule has 0 radical (unpaired) electrons. The number of carbonyl (C=O) groups is 1. The van der Waals surface area contributed by atoms with Gasteiger partial charge in [0.2, 0.25) is 13.9 Å². The minimum absolute atomic E-state index is 0.0385. The van der Waals surface area contributed by atoms with E-state index in [1.54, 1.807) is 0 Å². The van der Waals surface area contributed by atoms with Crippen LogP contribution in [0.5, 0.6) is 0 Å². The summed E-state index contributed by atoms with van der Waals surface area (Å²) in [4.78, 5) is 13.3. The van der Waals surface area contributed by atoms with Crippen LogP contribution in [0.4, 0.5) is 0 Å². The zero-order valence-corrected chi connectivity index (χ0v) is 36.6. The van der Waals surface area contributed by atoms with Crippen LogP contribution in [0.25, 0.3) is 0 Å². The Morgan fingerprint density at radius 3 is 1.87 bits per heavy atom. The number of fused-ring (bicyclic) bond motifs is 1. The van der Waals surface area contributed by atoms with E-state index < -0.39 is 40.8 Å². The van der Waals surface area contributed by atoms with Crippen molar-refractivity contribution in [3.05, 3.63) is 107 Å². The van der Waals surface area contributed by atoms with Crippen molar-refractivity contribution < 1.29 is 37.4 Å². The molecule has 1 aliphatic carbocycles. The van der Waals surface area contributed by atoms with Crippen molar-refractivity contribution in [2.45, 2.75) is 147 Å². The lowest BCUT2D eigenvalue weighted by Gasteiger charge is -2.57. The Morgan fingerprint density at radius 1 is 0.815 bits per heavy atom. The highest BCUT2D eigenvalue weighted by molar-refractivity contribution is 6.77. The smallest absolute Gasteiger partial charge is 0.349 e. The molecule has 0 saturated carbocycles. The Kier molecular flexibility index (Phi) is 12.8. The molecule has 4 atom stereocenters. The van der Waals surface area contributed by atoms with Crippen LogP contribution in [0.2, 0.25) is 26.7 Å². The van der Waals surface area contributed by atoms with Crippen molar-refractivity contribution in [1.29, 1.82) is 0 Å². The second-order valence-electron chi connectivity index (χ2n) is 18.1. The number of ketones is 1. The molecule has 8 nitrogen and oxygen atoms in total. The molecule has 1 unspecified atom stereocenters. The second-order valence-corrected chi connectivity index (χ2v) is 28.3. The highest BCUT2D eigenvalue weighted by atomic mass is 28.4. The average Bonchev–Trinajstić information content (AvgIpc) is 3.10. The predicted octanol–water partition coefficient (Wildman–Crippen LogP) is 9.85. The average molecular weight is 777 g/mol. The first kappa shape index (κ1) is 42.3. The van der Waals surface area contributed by atoms with Crippen LogP contribution in [0, 0.1) is 0 Å². The maximum Gasteiger partial charge on any atom is 0.349 e. The summed E-state index contributed by atoms with van der Waals surface area (Å²) in [5.41, 5.74) is 1.11. The van der Waals surface area contributed by atoms with Gasteiger partial charge in [0.05, 0.1) is 25.9 Å². The van der Waals surface area contributed by atoms with Crippen LogP contribution in [0.3, 0.4) is 0 Å². The molecule has 2 heterocycles. The molecule has 54 heavy (non-hydrogen) atoms. The minimum Gasteiger partial charge on any atom is -0.489 e. The molecule has 0 aromatic heterocycles. The molecule has 1 saturated heterocycles. The number of hydrogen-bond donors (Lipinski definition) is 1. The van der Waals surface area contributed by atoms with Crippen molar-refractivity contribution in [3.8, 4) is 0 Å². The summed E-state index contributed by atoms with van der Waals surface area (Å²) in [6.07, 6.45) is 3.06. The molecular weight excluding hydrogens is 713 g/mol. The predicted molar refractivity (Wildman–Crippen MR) is 218 cm³/mol. The third-order valence-electron chi connectivity index (χ3n) is 11.4. The van der Waals surface area contributed by atoms with E-state index in [0.717, 1.165) is 11.1 Å². The zero-order chi connectivity index (χ0) is 39.7. The van der Waals surface area contributed by atoms with Crippen molar-refractivity contribution in [2.75, 3.05) is 13.2 Å². The first-order valence-corrected chi connectivity index (χ1v) is 23.6. The number of hydrogen-bond acceptors (Lipinski definition) is 8. The van der Waals surface area contributed by atoms with Gasteiger partial charge in [0.25, 0.3) is 0 Å². The van der Waals surface area contributed by atoms with Gasteiger partial charge in [-0.2, -0.15) is 0 Å². The molecule has 1 N–H and O–H groups in total. The quantitative estimate of drug-likeness (QED) is 0.201. The number of aliphatic hydroxyl groups is 1. The van der Waals surface area contributed by atoms with Crippen LogP contribution < -0.4 is 0 Å². The molecule has 1 fully saturated rings. The van der Waals surface area contributed by atoms with Crippen LogP contribution in [0.1, 0.15) is 94.2 Å². The van der Waals surface area contributed by atoms with Gasteiger partial charge in [0.15, 0.2) is 5.78 Å². The summed E-state index contributed by atoms with van der Waals surface area (Å²) < 4.78 is 41.4. The third-order valence-corrected chi connectivity index (χ3v) is 22.7. The van der Waals surface area contributed by atoms with E-state index in [4.69, 9.17) is 27.5 Å². The van der Waals surface area contributed by atoms with Crippen molar-refractivity contribution in [3.63, 3.8) is 0 Å². The third kappa shape index (κ3) is 8.17. The maximum atomic E-state index is 13.3. The summed E-state index contributed by atoms with van der Waals surface area (Å²) in [6, 6.07) is 19.5. The van der Waals surface area contributed by atoms with E-state index in [1.807, 2.05) is 66.7 Å². The lowest BCUT2D eigenvalue weighted by molar-refractivity contribution is -0.144. The normalized spacial score (nSPS) is 24.9. The van der Waals surface area contributed by atoms with E-state index in [-0.39, 0.29) is 47.2 Å². The van der Waals surface area contributed by atoms with Crippen LogP contribution in [0.15, 0.2) is 96.0 Å². The SMILES string of the molecule is CC(C)[Si](O[C@@H]1C=C(C2(O)C(COCc3ccccc3)=CC(=O)C=C2OCc2ccccc2)O[C@@H]2CO[Si](C(C)(C)C)(C(C)(C)C)O[C@@H]12)(C(C)C)C(C)C. The summed E-state index contributed by atoms with van der Waals surface area (Å²) >= 11 is 0. The first-order chi connectivity index (χ1) is 25.3. The van der Waals surface area contributed by atoms with E-state index >= 15 is 0 Å². The number of carbonyl (C=O) groups excluding carboxylic acids is 1. The van der Waals surface area contributed by atoms with Gasteiger partial charge < -0.3 is 32.6 Å². The van der Waals surface area contributed by atoms with Crippen LogP contribution in [-0.2, 0) is 45.5 Å². The monoisotopic (exact) mass is 776 g/mol. The summed E-state index contributed by atoms with van der Waals surface area (Å²) in [6.45, 7) is 27.5. The summed E-state index contributed by atoms with van der Waals surface area (Å²) in [7, 11) is -5.48. The Hall–Kier alpha value is -2.84. The van der Waals surface area contributed by atoms with E-state index in [2.05, 4.69) is 83.1 Å². The van der Waals surface area contributed by atoms with Gasteiger partial charge in [0.1, 0.15) is 30.3 Å². The van der Waals surface area contributed by atoms with Gasteiger partial charge in [-0.25, -0.2) is 0 Å². The molecule has 2 aromatic carbocycles. The van der Waals surface area contributed by atoms with Gasteiger partial charge in [-0.05, 0) is 39.9 Å². The minimum atomic E-state index is -2.96.